The minimum absolute atomic E-state index is 0.277. The average Bonchev–Trinajstić information content (AvgIpc) is 3.30. The second-order valence-corrected chi connectivity index (χ2v) is 12.1. The maximum Gasteiger partial charge on any atom is 0.338 e. The molecule has 0 bridgehead atoms. The normalized spacial score (nSPS) is 23.5. The number of benzene rings is 2. The number of carbonyl (C=O) groups is 1. The van der Waals surface area contributed by atoms with E-state index < -0.39 is 45.4 Å². The molecule has 2 aromatic carbocycles. The summed E-state index contributed by atoms with van der Waals surface area (Å²) in [4.78, 5) is 33.2. The predicted octanol–water partition coefficient (Wildman–Crippen LogP) is 2.93. The smallest absolute Gasteiger partial charge is 0.338 e. The summed E-state index contributed by atoms with van der Waals surface area (Å²) in [7, 11) is -5.28. The zero-order chi connectivity index (χ0) is 29.7. The number of rotatable bonds is 6. The lowest BCUT2D eigenvalue weighted by molar-refractivity contribution is -0.425. The monoisotopic (exact) mass is 594 g/mol. The van der Waals surface area contributed by atoms with Crippen molar-refractivity contribution in [1.29, 1.82) is 0 Å². The molecule has 1 saturated heterocycles. The van der Waals surface area contributed by atoms with Gasteiger partial charge in [-0.3, -0.25) is 0 Å². The summed E-state index contributed by atoms with van der Waals surface area (Å²) < 4.78 is 38.4. The minimum atomic E-state index is -5.28. The van der Waals surface area contributed by atoms with E-state index >= 15 is 0 Å². The summed E-state index contributed by atoms with van der Waals surface area (Å²) in [5.74, 6) is -0.673. The first-order valence-electron chi connectivity index (χ1n) is 14.6. The van der Waals surface area contributed by atoms with Crippen LogP contribution in [0.1, 0.15) is 81.0 Å². The average molecular weight is 595 g/mol. The van der Waals surface area contributed by atoms with E-state index in [0.29, 0.717) is 0 Å². The highest BCUT2D eigenvalue weighted by Gasteiger charge is 2.37. The molecule has 0 aromatic heterocycles. The molecule has 0 unspecified atom stereocenters. The maximum absolute atomic E-state index is 13.8. The fraction of sp³-hybridized carbons (Fsp3) is 0.567. The molecule has 3 fully saturated rings. The van der Waals surface area contributed by atoms with Crippen molar-refractivity contribution in [2.45, 2.75) is 101 Å². The highest BCUT2D eigenvalue weighted by Crippen LogP contribution is 2.34. The first-order chi connectivity index (χ1) is 19.6. The highest BCUT2D eigenvalue weighted by atomic mass is 31.2. The van der Waals surface area contributed by atoms with Crippen LogP contribution in [0.2, 0.25) is 0 Å². The van der Waals surface area contributed by atoms with Gasteiger partial charge in [0.25, 0.3) is 0 Å². The van der Waals surface area contributed by atoms with E-state index in [1.54, 1.807) is 24.3 Å². The van der Waals surface area contributed by atoms with Crippen LogP contribution in [0.3, 0.4) is 0 Å². The van der Waals surface area contributed by atoms with E-state index in [4.69, 9.17) is 9.47 Å². The Bertz CT molecular complexity index is 1060. The SMILES string of the molecule is O=C(OC[C@H]1O[C@H](OP(=O)([O-])[O-])C[C@@H]1F)c1ccc(-c2ccccc2)cc1.[NH3+]C1CCCCC1.[NH3+]C1CCCCC1. The first kappa shape index (κ1) is 33.3. The quantitative estimate of drug-likeness (QED) is 0.384. The number of quaternary nitrogens is 2. The molecule has 9 nitrogen and oxygen atoms in total. The number of esters is 1. The first-order valence-corrected chi connectivity index (χ1v) is 16.1. The molecular weight excluding hydrogens is 550 g/mol. The zero-order valence-electron chi connectivity index (χ0n) is 23.7. The van der Waals surface area contributed by atoms with Gasteiger partial charge in [-0.15, -0.1) is 0 Å². The van der Waals surface area contributed by atoms with Gasteiger partial charge in [-0.25, -0.2) is 9.18 Å². The molecule has 11 heteroatoms. The van der Waals surface area contributed by atoms with Crippen LogP contribution in [-0.4, -0.2) is 43.2 Å². The third-order valence-electron chi connectivity index (χ3n) is 7.45. The molecule has 0 radical (unpaired) electrons. The van der Waals surface area contributed by atoms with Crippen LogP contribution in [-0.2, 0) is 18.6 Å². The Morgan fingerprint density at radius 3 is 1.83 bits per heavy atom. The van der Waals surface area contributed by atoms with Gasteiger partial charge >= 0.3 is 5.97 Å². The van der Waals surface area contributed by atoms with Gasteiger partial charge in [0.2, 0.25) is 0 Å². The van der Waals surface area contributed by atoms with Crippen molar-refractivity contribution < 1.29 is 49.0 Å². The number of phosphoric acid groups is 1. The number of carbonyl (C=O) groups excluding carboxylic acids is 1. The van der Waals surface area contributed by atoms with E-state index in [-0.39, 0.29) is 5.56 Å². The lowest BCUT2D eigenvalue weighted by Crippen LogP contribution is -2.61. The number of ether oxygens (including phenoxy) is 2. The summed E-state index contributed by atoms with van der Waals surface area (Å²) in [6, 6.07) is 17.9. The Hall–Kier alpha value is -2.17. The molecule has 2 aliphatic carbocycles. The molecule has 2 saturated carbocycles. The molecule has 3 atom stereocenters. The molecule has 0 amide bonds. The second kappa shape index (κ2) is 17.1. The lowest BCUT2D eigenvalue weighted by atomic mass is 9.97. The topological polar surface area (TPSA) is 163 Å². The number of phosphoric ester groups is 1. The molecule has 1 heterocycles. The van der Waals surface area contributed by atoms with Crippen LogP contribution in [0.15, 0.2) is 54.6 Å². The Morgan fingerprint density at radius 2 is 1.37 bits per heavy atom. The van der Waals surface area contributed by atoms with Gasteiger partial charge in [-0.1, -0.05) is 55.3 Å². The molecular formula is C30H44FN2O7P. The molecule has 3 aliphatic rings. The molecule has 2 aromatic rings. The minimum Gasteiger partial charge on any atom is -0.790 e. The van der Waals surface area contributed by atoms with Crippen LogP contribution in [0.4, 0.5) is 4.39 Å². The fourth-order valence-electron chi connectivity index (χ4n) is 5.07. The van der Waals surface area contributed by atoms with E-state index in [0.717, 1.165) is 23.2 Å². The molecule has 1 aliphatic heterocycles. The Kier molecular flexibility index (Phi) is 13.9. The predicted molar refractivity (Wildman–Crippen MR) is 149 cm³/mol. The van der Waals surface area contributed by atoms with Crippen molar-refractivity contribution >= 4 is 13.8 Å². The maximum atomic E-state index is 13.8. The Balaban J connectivity index is 0.000000267. The summed E-state index contributed by atoms with van der Waals surface area (Å²) in [6.45, 7) is -0.428. The number of hydrogen-bond acceptors (Lipinski definition) is 7. The third kappa shape index (κ3) is 12.7. The Morgan fingerprint density at radius 1 is 0.854 bits per heavy atom. The van der Waals surface area contributed by atoms with Crippen molar-refractivity contribution in [1.82, 2.24) is 0 Å². The van der Waals surface area contributed by atoms with Gasteiger partial charge in [-0.05, 0) is 74.6 Å². The highest BCUT2D eigenvalue weighted by molar-refractivity contribution is 7.43. The summed E-state index contributed by atoms with van der Waals surface area (Å²) in [6.07, 6.45) is 9.35. The number of hydrogen-bond donors (Lipinski definition) is 2. The fourth-order valence-corrected chi connectivity index (χ4v) is 5.50. The van der Waals surface area contributed by atoms with E-state index in [1.807, 2.05) is 30.3 Å². The summed E-state index contributed by atoms with van der Waals surface area (Å²) in [5.41, 5.74) is 10.2. The molecule has 0 spiro atoms. The second-order valence-electron chi connectivity index (χ2n) is 11.0. The van der Waals surface area contributed by atoms with E-state index in [1.165, 1.54) is 64.2 Å². The summed E-state index contributed by atoms with van der Waals surface area (Å²) >= 11 is 0. The molecule has 41 heavy (non-hydrogen) atoms. The molecule has 5 rings (SSSR count). The zero-order valence-corrected chi connectivity index (χ0v) is 24.6. The van der Waals surface area contributed by atoms with Crippen molar-refractivity contribution in [2.24, 2.45) is 0 Å². The van der Waals surface area contributed by atoms with E-state index in [9.17, 15) is 23.5 Å². The third-order valence-corrected chi connectivity index (χ3v) is 7.94. The standard InChI is InChI=1S/C18H18FO7P.2C6H13N/c19-15-10-17(26-27(21,22)23)25-16(15)11-24-18(20)14-8-6-13(7-9-14)12-4-2-1-3-5-12;2*7-6-4-2-1-3-5-6/h1-9,15-17H,10-11H2,(H2,21,22,23);2*6H,1-5,7H2/t15-,16+,17+;;/m0../s1. The largest absolute Gasteiger partial charge is 0.790 e. The van der Waals surface area contributed by atoms with Crippen LogP contribution >= 0.6 is 7.82 Å². The van der Waals surface area contributed by atoms with Crippen molar-refractivity contribution in [3.63, 3.8) is 0 Å². The van der Waals surface area contributed by atoms with Crippen molar-refractivity contribution in [3.8, 4) is 11.1 Å². The van der Waals surface area contributed by atoms with Gasteiger partial charge in [0.05, 0.1) is 25.5 Å². The van der Waals surface area contributed by atoms with Crippen molar-refractivity contribution in [2.75, 3.05) is 6.61 Å². The molecule has 228 valence electrons. The number of halogens is 1. The van der Waals surface area contributed by atoms with Crippen LogP contribution in [0.5, 0.6) is 0 Å². The van der Waals surface area contributed by atoms with Gasteiger partial charge in [0.1, 0.15) is 18.9 Å². The molecule has 6 N–H and O–H groups in total. The van der Waals surface area contributed by atoms with Gasteiger partial charge in [-0.2, -0.15) is 0 Å². The summed E-state index contributed by atoms with van der Waals surface area (Å²) in [5, 5.41) is 0. The Labute approximate surface area is 242 Å². The van der Waals surface area contributed by atoms with Crippen molar-refractivity contribution in [3.05, 3.63) is 60.2 Å². The lowest BCUT2D eigenvalue weighted by Gasteiger charge is -2.31. The van der Waals surface area contributed by atoms with Gasteiger partial charge in [0.15, 0.2) is 6.29 Å². The van der Waals surface area contributed by atoms with Gasteiger partial charge < -0.3 is 39.8 Å². The van der Waals surface area contributed by atoms with E-state index in [2.05, 4.69) is 16.0 Å². The van der Waals surface area contributed by atoms with Crippen LogP contribution in [0.25, 0.3) is 11.1 Å². The van der Waals surface area contributed by atoms with Gasteiger partial charge in [0, 0.05) is 6.42 Å². The number of alkyl halides is 1. The van der Waals surface area contributed by atoms with Crippen LogP contribution < -0.4 is 21.3 Å². The van der Waals surface area contributed by atoms with Crippen LogP contribution in [0, 0.1) is 0 Å².